The van der Waals surface area contributed by atoms with Crippen LogP contribution in [0.3, 0.4) is 0 Å². The van der Waals surface area contributed by atoms with Crippen molar-refractivity contribution in [3.05, 3.63) is 34.1 Å². The molecule has 0 aliphatic carbocycles. The van der Waals surface area contributed by atoms with Crippen molar-refractivity contribution in [2.75, 3.05) is 14.2 Å². The summed E-state index contributed by atoms with van der Waals surface area (Å²) in [6, 6.07) is 2.49. The number of benzene rings is 1. The molecule has 0 spiro atoms. The first-order chi connectivity index (χ1) is 14.1. The Morgan fingerprint density at radius 2 is 1.57 bits per heavy atom. The summed E-state index contributed by atoms with van der Waals surface area (Å²) < 4.78 is 51.2. The Bertz CT molecular complexity index is 1090. The summed E-state index contributed by atoms with van der Waals surface area (Å²) in [4.78, 5) is 52.4. The standard InChI is InChI=1S/C18H15F3N2O7/c1-28-12-5-9-10(18(19,20)21)6-16(26)22(11(9)7-13(12)29-2)8-17(27)30-23-14(24)3-4-15(23)25/h5-7H,3-4,8H2,1-2H3. The molecule has 2 heterocycles. The third-order valence-electron chi connectivity index (χ3n) is 4.41. The molecule has 30 heavy (non-hydrogen) atoms. The summed E-state index contributed by atoms with van der Waals surface area (Å²) in [5.41, 5.74) is -2.64. The number of carbonyl (C=O) groups excluding carboxylic acids is 3. The Balaban J connectivity index is 2.11. The molecule has 0 radical (unpaired) electrons. The second kappa shape index (κ2) is 7.69. The van der Waals surface area contributed by atoms with Gasteiger partial charge in [0.05, 0.1) is 25.3 Å². The van der Waals surface area contributed by atoms with Crippen LogP contribution in [0.1, 0.15) is 18.4 Å². The van der Waals surface area contributed by atoms with Crippen LogP contribution in [-0.4, -0.2) is 41.6 Å². The van der Waals surface area contributed by atoms with E-state index in [4.69, 9.17) is 14.3 Å². The lowest BCUT2D eigenvalue weighted by Gasteiger charge is -2.18. The van der Waals surface area contributed by atoms with Crippen LogP contribution in [0.25, 0.3) is 10.9 Å². The highest BCUT2D eigenvalue weighted by Gasteiger charge is 2.36. The number of hydroxylamine groups is 2. The maximum atomic E-state index is 13.5. The van der Waals surface area contributed by atoms with Crippen LogP contribution in [0.15, 0.2) is 23.0 Å². The fraction of sp³-hybridized carbons (Fsp3) is 0.333. The number of hydrogen-bond acceptors (Lipinski definition) is 7. The number of fused-ring (bicyclic) bond motifs is 1. The summed E-state index contributed by atoms with van der Waals surface area (Å²) >= 11 is 0. The van der Waals surface area contributed by atoms with Crippen molar-refractivity contribution < 1.29 is 41.9 Å². The van der Waals surface area contributed by atoms with Crippen LogP contribution in [0, 0.1) is 0 Å². The third kappa shape index (κ3) is 3.80. The molecule has 1 aromatic carbocycles. The molecule has 1 aromatic heterocycles. The first-order valence-corrected chi connectivity index (χ1v) is 8.50. The Labute approximate surface area is 166 Å². The number of pyridine rings is 1. The van der Waals surface area contributed by atoms with Gasteiger partial charge in [0.1, 0.15) is 6.54 Å². The largest absolute Gasteiger partial charge is 0.493 e. The van der Waals surface area contributed by atoms with Crippen LogP contribution < -0.4 is 15.0 Å². The summed E-state index contributed by atoms with van der Waals surface area (Å²) in [6.07, 6.45) is -5.12. The van der Waals surface area contributed by atoms with Gasteiger partial charge in [-0.3, -0.25) is 19.0 Å². The number of imide groups is 1. The topological polar surface area (TPSA) is 104 Å². The monoisotopic (exact) mass is 428 g/mol. The Hall–Kier alpha value is -3.57. The SMILES string of the molecule is COc1cc2c(C(F)(F)F)cc(=O)n(CC(=O)ON3C(=O)CCC3=O)c2cc1OC. The van der Waals surface area contributed by atoms with Crippen molar-refractivity contribution in [3.8, 4) is 11.5 Å². The van der Waals surface area contributed by atoms with Crippen molar-refractivity contribution in [1.29, 1.82) is 0 Å². The van der Waals surface area contributed by atoms with Gasteiger partial charge in [-0.05, 0) is 6.07 Å². The third-order valence-corrected chi connectivity index (χ3v) is 4.41. The number of alkyl halides is 3. The lowest BCUT2D eigenvalue weighted by molar-refractivity contribution is -0.197. The Morgan fingerprint density at radius 3 is 2.10 bits per heavy atom. The molecule has 160 valence electrons. The average Bonchev–Trinajstić information content (AvgIpc) is 2.99. The summed E-state index contributed by atoms with van der Waals surface area (Å²) in [5.74, 6) is -2.64. The minimum absolute atomic E-state index is 0.0171. The number of rotatable bonds is 5. The maximum absolute atomic E-state index is 13.5. The van der Waals surface area contributed by atoms with E-state index in [2.05, 4.69) is 0 Å². The molecule has 0 N–H and O–H groups in total. The second-order valence-corrected chi connectivity index (χ2v) is 6.25. The molecule has 1 aliphatic heterocycles. The van der Waals surface area contributed by atoms with E-state index < -0.39 is 47.0 Å². The molecule has 1 saturated heterocycles. The van der Waals surface area contributed by atoms with Crippen LogP contribution in [0.5, 0.6) is 11.5 Å². The number of carbonyl (C=O) groups is 3. The van der Waals surface area contributed by atoms with Gasteiger partial charge in [-0.1, -0.05) is 0 Å². The number of aromatic nitrogens is 1. The van der Waals surface area contributed by atoms with Gasteiger partial charge in [0, 0.05) is 30.4 Å². The molecule has 1 aliphatic rings. The van der Waals surface area contributed by atoms with Gasteiger partial charge < -0.3 is 14.3 Å². The molecular weight excluding hydrogens is 413 g/mol. The molecule has 0 unspecified atom stereocenters. The summed E-state index contributed by atoms with van der Waals surface area (Å²) in [7, 11) is 2.48. The van der Waals surface area contributed by atoms with Crippen molar-refractivity contribution in [1.82, 2.24) is 9.63 Å². The fourth-order valence-electron chi connectivity index (χ4n) is 3.02. The van der Waals surface area contributed by atoms with Gasteiger partial charge in [-0.25, -0.2) is 4.79 Å². The second-order valence-electron chi connectivity index (χ2n) is 6.25. The number of amides is 2. The lowest BCUT2D eigenvalue weighted by Crippen LogP contribution is -2.35. The number of nitrogens with zero attached hydrogens (tertiary/aromatic N) is 2. The van der Waals surface area contributed by atoms with Gasteiger partial charge in [-0.15, -0.1) is 5.06 Å². The van der Waals surface area contributed by atoms with Gasteiger partial charge >= 0.3 is 12.1 Å². The molecule has 2 amide bonds. The molecule has 12 heteroatoms. The van der Waals surface area contributed by atoms with Gasteiger partial charge in [0.25, 0.3) is 17.4 Å². The summed E-state index contributed by atoms with van der Waals surface area (Å²) in [6.45, 7) is -0.847. The quantitative estimate of drug-likeness (QED) is 0.667. The zero-order chi connectivity index (χ0) is 22.2. The van der Waals surface area contributed by atoms with Crippen LogP contribution in [-0.2, 0) is 31.9 Å². The van der Waals surface area contributed by atoms with E-state index in [1.165, 1.54) is 14.2 Å². The van der Waals surface area contributed by atoms with E-state index >= 15 is 0 Å². The van der Waals surface area contributed by atoms with E-state index in [1.807, 2.05) is 0 Å². The molecular formula is C18H15F3N2O7. The van der Waals surface area contributed by atoms with Crippen LogP contribution in [0.2, 0.25) is 0 Å². The molecule has 0 atom stereocenters. The zero-order valence-electron chi connectivity index (χ0n) is 15.7. The number of methoxy groups -OCH3 is 2. The van der Waals surface area contributed by atoms with Gasteiger partial charge in [0.2, 0.25) is 0 Å². The molecule has 2 aromatic rings. The van der Waals surface area contributed by atoms with E-state index in [0.717, 1.165) is 16.7 Å². The highest BCUT2D eigenvalue weighted by Crippen LogP contribution is 2.38. The Morgan fingerprint density at radius 1 is 1.00 bits per heavy atom. The summed E-state index contributed by atoms with van der Waals surface area (Å²) in [5, 5.41) is -0.135. The number of ether oxygens (including phenoxy) is 2. The van der Waals surface area contributed by atoms with E-state index in [0.29, 0.717) is 6.07 Å². The van der Waals surface area contributed by atoms with Crippen molar-refractivity contribution in [2.45, 2.75) is 25.6 Å². The molecule has 0 bridgehead atoms. The van der Waals surface area contributed by atoms with Crippen LogP contribution in [0.4, 0.5) is 13.2 Å². The van der Waals surface area contributed by atoms with Gasteiger partial charge in [-0.2, -0.15) is 13.2 Å². The smallest absolute Gasteiger partial charge is 0.417 e. The van der Waals surface area contributed by atoms with Crippen LogP contribution >= 0.6 is 0 Å². The molecule has 3 rings (SSSR count). The predicted octanol–water partition coefficient (Wildman–Crippen LogP) is 1.64. The van der Waals surface area contributed by atoms with E-state index in [-0.39, 0.29) is 34.9 Å². The van der Waals surface area contributed by atoms with Crippen molar-refractivity contribution in [2.24, 2.45) is 0 Å². The normalized spacial score (nSPS) is 14.4. The number of halogens is 3. The van der Waals surface area contributed by atoms with Crippen molar-refractivity contribution >= 4 is 28.7 Å². The van der Waals surface area contributed by atoms with E-state index in [9.17, 15) is 32.3 Å². The first kappa shape index (κ1) is 21.1. The van der Waals surface area contributed by atoms with Crippen molar-refractivity contribution in [3.63, 3.8) is 0 Å². The maximum Gasteiger partial charge on any atom is 0.417 e. The minimum Gasteiger partial charge on any atom is -0.493 e. The zero-order valence-corrected chi connectivity index (χ0v) is 15.7. The lowest BCUT2D eigenvalue weighted by atomic mass is 10.1. The fourth-order valence-corrected chi connectivity index (χ4v) is 3.02. The first-order valence-electron chi connectivity index (χ1n) is 8.50. The molecule has 9 nitrogen and oxygen atoms in total. The predicted molar refractivity (Wildman–Crippen MR) is 93.5 cm³/mol. The minimum atomic E-state index is -4.86. The average molecular weight is 428 g/mol. The number of hydrogen-bond donors (Lipinski definition) is 0. The highest BCUT2D eigenvalue weighted by atomic mass is 19.4. The molecule has 1 fully saturated rings. The van der Waals surface area contributed by atoms with E-state index in [1.54, 1.807) is 0 Å². The van der Waals surface area contributed by atoms with Gasteiger partial charge in [0.15, 0.2) is 11.5 Å². The highest BCUT2D eigenvalue weighted by molar-refractivity contribution is 6.01. The Kier molecular flexibility index (Phi) is 5.42. The molecule has 0 saturated carbocycles.